The molecule has 2 aromatic rings. The van der Waals surface area contributed by atoms with Crippen molar-refractivity contribution in [3.05, 3.63) is 59.4 Å². The molecule has 0 spiro atoms. The summed E-state index contributed by atoms with van der Waals surface area (Å²) in [6.07, 6.45) is 0.486. The van der Waals surface area contributed by atoms with Gasteiger partial charge in [0, 0.05) is 17.3 Å². The number of anilines is 1. The number of carbonyl (C=O) groups excluding carboxylic acids is 2. The highest BCUT2D eigenvalue weighted by atomic mass is 32.2. The highest BCUT2D eigenvalue weighted by molar-refractivity contribution is 7.90. The minimum absolute atomic E-state index is 0.00969. The van der Waals surface area contributed by atoms with Crippen LogP contribution in [0.1, 0.15) is 21.6 Å². The number of aromatic nitrogens is 1. The average Bonchev–Trinajstić information content (AvgIpc) is 3.14. The quantitative estimate of drug-likeness (QED) is 0.608. The number of nitrogens with zero attached hydrogens (tertiary/aromatic N) is 2. The normalized spacial score (nSPS) is 13.3. The van der Waals surface area contributed by atoms with E-state index in [0.717, 1.165) is 0 Å². The van der Waals surface area contributed by atoms with Crippen molar-refractivity contribution in [2.24, 2.45) is 0 Å². The third-order valence-electron chi connectivity index (χ3n) is 3.68. The van der Waals surface area contributed by atoms with Crippen molar-refractivity contribution < 1.29 is 27.5 Å². The summed E-state index contributed by atoms with van der Waals surface area (Å²) in [6, 6.07) is 9.57. The van der Waals surface area contributed by atoms with Crippen LogP contribution in [0.4, 0.5) is 10.5 Å². The summed E-state index contributed by atoms with van der Waals surface area (Å²) in [6.45, 7) is -0.0456. The third kappa shape index (κ3) is 4.21. The van der Waals surface area contributed by atoms with Crippen LogP contribution in [0.2, 0.25) is 0 Å². The van der Waals surface area contributed by atoms with Crippen LogP contribution >= 0.6 is 0 Å². The molecule has 1 N–H and O–H groups in total. The van der Waals surface area contributed by atoms with E-state index in [4.69, 9.17) is 0 Å². The zero-order chi connectivity index (χ0) is 20.1. The molecule has 0 atom stereocenters. The number of rotatable bonds is 4. The highest BCUT2D eigenvalue weighted by Crippen LogP contribution is 2.19. The van der Waals surface area contributed by atoms with Crippen LogP contribution in [0.5, 0.6) is 0 Å². The molecule has 1 amide bonds. The Morgan fingerprint density at radius 1 is 1.25 bits per heavy atom. The Balaban J connectivity index is 1.83. The summed E-state index contributed by atoms with van der Waals surface area (Å²) in [7, 11) is -2.85. The maximum absolute atomic E-state index is 12.4. The fourth-order valence-corrected chi connectivity index (χ4v) is 3.44. The Labute approximate surface area is 161 Å². The van der Waals surface area contributed by atoms with Gasteiger partial charge in [0.1, 0.15) is 12.3 Å². The number of cyclic esters (lactones) is 1. The number of esters is 1. The SMILES string of the molecule is COC(=O)c1ccc(C#Cc2ccccc2NS(=O)(=O)N2CCOC2=O)cn1. The number of carbonyl (C=O) groups is 2. The molecule has 0 radical (unpaired) electrons. The number of hydrogen-bond donors (Lipinski definition) is 1. The van der Waals surface area contributed by atoms with E-state index >= 15 is 0 Å². The van der Waals surface area contributed by atoms with Crippen molar-refractivity contribution in [2.75, 3.05) is 25.0 Å². The summed E-state index contributed by atoms with van der Waals surface area (Å²) in [5.41, 5.74) is 1.29. The van der Waals surface area contributed by atoms with Gasteiger partial charge in [0.25, 0.3) is 0 Å². The smallest absolute Gasteiger partial charge is 0.425 e. The zero-order valence-corrected chi connectivity index (χ0v) is 15.5. The highest BCUT2D eigenvalue weighted by Gasteiger charge is 2.33. The molecule has 28 heavy (non-hydrogen) atoms. The topological polar surface area (TPSA) is 115 Å². The van der Waals surface area contributed by atoms with Gasteiger partial charge in [-0.3, -0.25) is 4.72 Å². The summed E-state index contributed by atoms with van der Waals surface area (Å²) in [5.74, 6) is 5.14. The molecule has 1 aromatic carbocycles. The van der Waals surface area contributed by atoms with E-state index in [1.807, 2.05) is 0 Å². The lowest BCUT2D eigenvalue weighted by Crippen LogP contribution is -2.36. The molecule has 2 heterocycles. The minimum atomic E-state index is -4.11. The monoisotopic (exact) mass is 401 g/mol. The summed E-state index contributed by atoms with van der Waals surface area (Å²) in [4.78, 5) is 26.9. The van der Waals surface area contributed by atoms with Crippen molar-refractivity contribution in [3.63, 3.8) is 0 Å². The lowest BCUT2D eigenvalue weighted by atomic mass is 10.1. The number of nitrogens with one attached hydrogen (secondary N) is 1. The van der Waals surface area contributed by atoms with Gasteiger partial charge in [-0.1, -0.05) is 24.0 Å². The molecule has 9 nitrogen and oxygen atoms in total. The number of methoxy groups -OCH3 is 1. The molecule has 1 saturated heterocycles. The first kappa shape index (κ1) is 19.2. The van der Waals surface area contributed by atoms with Gasteiger partial charge in [-0.25, -0.2) is 14.6 Å². The van der Waals surface area contributed by atoms with E-state index in [1.54, 1.807) is 24.3 Å². The van der Waals surface area contributed by atoms with Gasteiger partial charge in [0.2, 0.25) is 0 Å². The standard InChI is InChI=1S/C18H15N3O6S/c1-26-17(22)16-9-7-13(12-19-16)6-8-14-4-2-3-5-15(14)20-28(24,25)21-10-11-27-18(21)23/h2-5,7,9,12,20H,10-11H2,1H3. The zero-order valence-electron chi connectivity index (χ0n) is 14.7. The number of hydrogen-bond acceptors (Lipinski definition) is 7. The first-order valence-corrected chi connectivity index (χ1v) is 9.47. The number of pyridine rings is 1. The van der Waals surface area contributed by atoms with E-state index in [2.05, 4.69) is 31.0 Å². The fourth-order valence-electron chi connectivity index (χ4n) is 2.31. The molecule has 0 saturated carbocycles. The molecule has 0 unspecified atom stereocenters. The maximum atomic E-state index is 12.4. The number of para-hydroxylation sites is 1. The molecular formula is C18H15N3O6S. The third-order valence-corrected chi connectivity index (χ3v) is 5.07. The molecular weight excluding hydrogens is 386 g/mol. The van der Waals surface area contributed by atoms with Crippen molar-refractivity contribution in [1.29, 1.82) is 0 Å². The van der Waals surface area contributed by atoms with Gasteiger partial charge in [-0.2, -0.15) is 12.7 Å². The van der Waals surface area contributed by atoms with Gasteiger partial charge >= 0.3 is 22.3 Å². The van der Waals surface area contributed by atoms with Gasteiger partial charge in [-0.05, 0) is 24.3 Å². The van der Waals surface area contributed by atoms with Gasteiger partial charge < -0.3 is 9.47 Å². The van der Waals surface area contributed by atoms with E-state index in [-0.39, 0.29) is 24.5 Å². The lowest BCUT2D eigenvalue weighted by molar-refractivity contribution is 0.0594. The molecule has 144 valence electrons. The number of amides is 1. The Hall–Kier alpha value is -3.58. The fraction of sp³-hybridized carbons (Fsp3) is 0.167. The van der Waals surface area contributed by atoms with Crippen LogP contribution in [0.3, 0.4) is 0 Å². The first-order chi connectivity index (χ1) is 13.4. The van der Waals surface area contributed by atoms with E-state index in [9.17, 15) is 18.0 Å². The van der Waals surface area contributed by atoms with Crippen molar-refractivity contribution >= 4 is 28.0 Å². The minimum Gasteiger partial charge on any atom is -0.464 e. The van der Waals surface area contributed by atoms with Crippen molar-refractivity contribution in [1.82, 2.24) is 9.29 Å². The molecule has 1 aromatic heterocycles. The second-order valence-corrected chi connectivity index (χ2v) is 7.11. The molecule has 1 aliphatic heterocycles. The Bertz CT molecular complexity index is 1070. The van der Waals surface area contributed by atoms with Crippen LogP contribution < -0.4 is 4.72 Å². The Morgan fingerprint density at radius 3 is 2.68 bits per heavy atom. The Kier molecular flexibility index (Phi) is 5.47. The Morgan fingerprint density at radius 2 is 2.04 bits per heavy atom. The second kappa shape index (κ2) is 7.98. The molecule has 10 heteroatoms. The predicted octanol–water partition coefficient (Wildman–Crippen LogP) is 1.38. The van der Waals surface area contributed by atoms with Gasteiger partial charge in [0.05, 0.1) is 19.3 Å². The number of ether oxygens (including phenoxy) is 2. The van der Waals surface area contributed by atoms with Crippen LogP contribution in [-0.4, -0.2) is 50.0 Å². The van der Waals surface area contributed by atoms with Crippen LogP contribution in [0, 0.1) is 11.8 Å². The molecule has 1 aliphatic rings. The average molecular weight is 401 g/mol. The second-order valence-electron chi connectivity index (χ2n) is 5.51. The molecule has 0 bridgehead atoms. The first-order valence-electron chi connectivity index (χ1n) is 8.03. The van der Waals surface area contributed by atoms with Crippen LogP contribution in [-0.2, 0) is 19.7 Å². The number of benzene rings is 1. The van der Waals surface area contributed by atoms with Crippen LogP contribution in [0.25, 0.3) is 0 Å². The van der Waals surface area contributed by atoms with E-state index < -0.39 is 22.3 Å². The summed E-state index contributed by atoms with van der Waals surface area (Å²) in [5, 5.41) is 0. The van der Waals surface area contributed by atoms with Crippen LogP contribution in [0.15, 0.2) is 42.6 Å². The predicted molar refractivity (Wildman–Crippen MR) is 98.6 cm³/mol. The molecule has 3 rings (SSSR count). The van der Waals surface area contributed by atoms with E-state index in [0.29, 0.717) is 15.4 Å². The van der Waals surface area contributed by atoms with Crippen molar-refractivity contribution in [3.8, 4) is 11.8 Å². The van der Waals surface area contributed by atoms with Gasteiger partial charge in [0.15, 0.2) is 0 Å². The molecule has 1 fully saturated rings. The lowest BCUT2D eigenvalue weighted by Gasteiger charge is -2.15. The maximum Gasteiger partial charge on any atom is 0.425 e. The largest absolute Gasteiger partial charge is 0.464 e. The molecule has 0 aliphatic carbocycles. The summed E-state index contributed by atoms with van der Waals surface area (Å²) >= 11 is 0. The van der Waals surface area contributed by atoms with Crippen molar-refractivity contribution in [2.45, 2.75) is 0 Å². The summed E-state index contributed by atoms with van der Waals surface area (Å²) < 4.78 is 37.0. The van der Waals surface area contributed by atoms with Gasteiger partial charge in [-0.15, -0.1) is 0 Å². The van der Waals surface area contributed by atoms with E-state index in [1.165, 1.54) is 25.4 Å².